The molecule has 4 heteroatoms. The first-order valence-corrected chi connectivity index (χ1v) is 5.31. The molecule has 0 spiro atoms. The highest BCUT2D eigenvalue weighted by atomic mass is 32.2. The van der Waals surface area contributed by atoms with Crippen LogP contribution in [0.4, 0.5) is 10.5 Å². The van der Waals surface area contributed by atoms with Crippen LogP contribution in [0.1, 0.15) is 0 Å². The Labute approximate surface area is 87.6 Å². The van der Waals surface area contributed by atoms with Crippen LogP contribution >= 0.6 is 11.8 Å². The second-order valence-electron chi connectivity index (χ2n) is 2.53. The number of thioether (sulfide) groups is 1. The van der Waals surface area contributed by atoms with Crippen molar-refractivity contribution < 1.29 is 4.79 Å². The maximum atomic E-state index is 11.1. The zero-order valence-corrected chi connectivity index (χ0v) is 8.73. The number of carbonyl (C=O) groups excluding carboxylic acids is 1. The van der Waals surface area contributed by atoms with Gasteiger partial charge in [0.15, 0.2) is 0 Å². The van der Waals surface area contributed by atoms with Crippen LogP contribution in [0.15, 0.2) is 41.9 Å². The Kier molecular flexibility index (Phi) is 4.07. The first-order chi connectivity index (χ1) is 6.76. The number of benzene rings is 1. The van der Waals surface area contributed by atoms with Crippen LogP contribution in [0, 0.1) is 0 Å². The van der Waals surface area contributed by atoms with Crippen molar-refractivity contribution in [3.8, 4) is 0 Å². The highest BCUT2D eigenvalue weighted by molar-refractivity contribution is 7.98. The van der Waals surface area contributed by atoms with Gasteiger partial charge in [0.25, 0.3) is 0 Å². The molecule has 0 bridgehead atoms. The van der Waals surface area contributed by atoms with Crippen LogP contribution < -0.4 is 10.6 Å². The fraction of sp³-hybridized carbons (Fsp3) is 0.100. The van der Waals surface area contributed by atoms with Gasteiger partial charge >= 0.3 is 6.03 Å². The molecule has 2 amide bonds. The van der Waals surface area contributed by atoms with E-state index in [0.29, 0.717) is 0 Å². The number of anilines is 1. The van der Waals surface area contributed by atoms with E-state index in [1.54, 1.807) is 11.8 Å². The number of hydrogen-bond donors (Lipinski definition) is 2. The molecule has 0 atom stereocenters. The van der Waals surface area contributed by atoms with Gasteiger partial charge in [0.1, 0.15) is 0 Å². The minimum Gasteiger partial charge on any atom is -0.315 e. The smallest absolute Gasteiger partial charge is 0.315 e. The highest BCUT2D eigenvalue weighted by Crippen LogP contribution is 2.18. The molecule has 0 aliphatic heterocycles. The molecule has 3 nitrogen and oxygen atoms in total. The topological polar surface area (TPSA) is 41.1 Å². The van der Waals surface area contributed by atoms with Gasteiger partial charge in [-0.2, -0.15) is 0 Å². The molecular weight excluding hydrogens is 196 g/mol. The summed E-state index contributed by atoms with van der Waals surface area (Å²) in [6.45, 7) is 3.40. The number of nitrogens with one attached hydrogen (secondary N) is 2. The van der Waals surface area contributed by atoms with E-state index in [4.69, 9.17) is 0 Å². The number of rotatable bonds is 3. The van der Waals surface area contributed by atoms with Crippen LogP contribution in [0.3, 0.4) is 0 Å². The lowest BCUT2D eigenvalue weighted by Crippen LogP contribution is -2.23. The molecule has 0 aliphatic carbocycles. The normalized spacial score (nSPS) is 9.21. The van der Waals surface area contributed by atoms with Gasteiger partial charge in [-0.25, -0.2) is 4.79 Å². The predicted molar refractivity (Wildman–Crippen MR) is 60.6 cm³/mol. The third-order valence-electron chi connectivity index (χ3n) is 1.56. The van der Waals surface area contributed by atoms with Gasteiger partial charge in [0.2, 0.25) is 0 Å². The fourth-order valence-electron chi connectivity index (χ4n) is 0.961. The van der Waals surface area contributed by atoms with E-state index in [1.165, 1.54) is 6.20 Å². The molecular formula is C10H12N2OS. The van der Waals surface area contributed by atoms with Crippen LogP contribution in [-0.2, 0) is 0 Å². The van der Waals surface area contributed by atoms with E-state index in [9.17, 15) is 4.79 Å². The molecule has 0 radical (unpaired) electrons. The van der Waals surface area contributed by atoms with Crippen molar-refractivity contribution in [2.24, 2.45) is 0 Å². The van der Waals surface area contributed by atoms with E-state index in [1.807, 2.05) is 30.5 Å². The molecule has 0 aliphatic rings. The molecule has 74 valence electrons. The average molecular weight is 208 g/mol. The number of hydrogen-bond acceptors (Lipinski definition) is 2. The summed E-state index contributed by atoms with van der Waals surface area (Å²) in [4.78, 5) is 12.2. The first kappa shape index (κ1) is 10.7. The monoisotopic (exact) mass is 208 g/mol. The number of carbonyl (C=O) groups is 1. The maximum absolute atomic E-state index is 11.1. The van der Waals surface area contributed by atoms with E-state index >= 15 is 0 Å². The lowest BCUT2D eigenvalue weighted by atomic mass is 10.3. The number of urea groups is 1. The second kappa shape index (κ2) is 5.34. The zero-order chi connectivity index (χ0) is 10.4. The molecule has 1 rings (SSSR count). The third kappa shape index (κ3) is 3.14. The Bertz CT molecular complexity index is 339. The largest absolute Gasteiger partial charge is 0.323 e. The molecule has 0 saturated heterocycles. The summed E-state index contributed by atoms with van der Waals surface area (Å²) >= 11 is 1.63. The summed E-state index contributed by atoms with van der Waals surface area (Å²) in [6.07, 6.45) is 3.33. The summed E-state index contributed by atoms with van der Waals surface area (Å²) < 4.78 is 0. The minimum atomic E-state index is -0.279. The van der Waals surface area contributed by atoms with Gasteiger partial charge in [-0.3, -0.25) is 0 Å². The third-order valence-corrected chi connectivity index (χ3v) is 2.29. The molecule has 2 N–H and O–H groups in total. The molecule has 1 aromatic carbocycles. The van der Waals surface area contributed by atoms with Crippen LogP contribution in [-0.4, -0.2) is 12.3 Å². The molecule has 0 heterocycles. The van der Waals surface area contributed by atoms with Crippen LogP contribution in [0.2, 0.25) is 0 Å². The Balaban J connectivity index is 2.66. The van der Waals surface area contributed by atoms with Gasteiger partial charge in [-0.15, -0.1) is 11.8 Å². The Morgan fingerprint density at radius 1 is 1.57 bits per heavy atom. The summed E-state index contributed by atoms with van der Waals surface area (Å²) in [5.74, 6) is 0. The van der Waals surface area contributed by atoms with Crippen molar-refractivity contribution in [1.29, 1.82) is 0 Å². The second-order valence-corrected chi connectivity index (χ2v) is 3.41. The molecule has 1 aromatic rings. The van der Waals surface area contributed by atoms with Crippen molar-refractivity contribution in [1.82, 2.24) is 5.32 Å². The van der Waals surface area contributed by atoms with Crippen molar-refractivity contribution in [3.63, 3.8) is 0 Å². The van der Waals surface area contributed by atoms with Crippen LogP contribution in [0.25, 0.3) is 0 Å². The van der Waals surface area contributed by atoms with Crippen molar-refractivity contribution in [3.05, 3.63) is 37.0 Å². The standard InChI is InChI=1S/C10H12N2OS/c1-3-11-10(13)12-8-5-4-6-9(7-8)14-2/h3-7H,1H2,2H3,(H2,11,12,13). The lowest BCUT2D eigenvalue weighted by Gasteiger charge is -2.05. The Hall–Kier alpha value is -1.42. The Morgan fingerprint density at radius 2 is 2.36 bits per heavy atom. The van der Waals surface area contributed by atoms with Gasteiger partial charge in [-0.1, -0.05) is 12.6 Å². The summed E-state index contributed by atoms with van der Waals surface area (Å²) in [6, 6.07) is 7.35. The summed E-state index contributed by atoms with van der Waals surface area (Å²) in [5, 5.41) is 5.12. The fourth-order valence-corrected chi connectivity index (χ4v) is 1.42. The summed E-state index contributed by atoms with van der Waals surface area (Å²) in [7, 11) is 0. The quantitative estimate of drug-likeness (QED) is 0.750. The van der Waals surface area contributed by atoms with Gasteiger partial charge in [0, 0.05) is 10.6 Å². The first-order valence-electron chi connectivity index (χ1n) is 4.08. The van der Waals surface area contributed by atoms with Crippen molar-refractivity contribution >= 4 is 23.5 Å². The average Bonchev–Trinajstić information content (AvgIpc) is 2.18. The molecule has 0 saturated carbocycles. The molecule has 0 unspecified atom stereocenters. The molecule has 0 fully saturated rings. The summed E-state index contributed by atoms with van der Waals surface area (Å²) in [5.41, 5.74) is 0.774. The van der Waals surface area contributed by atoms with Crippen molar-refractivity contribution in [2.45, 2.75) is 4.90 Å². The van der Waals surface area contributed by atoms with Gasteiger partial charge in [0.05, 0.1) is 0 Å². The van der Waals surface area contributed by atoms with E-state index < -0.39 is 0 Å². The lowest BCUT2D eigenvalue weighted by molar-refractivity contribution is 0.255. The predicted octanol–water partition coefficient (Wildman–Crippen LogP) is 2.67. The van der Waals surface area contributed by atoms with E-state index in [2.05, 4.69) is 17.2 Å². The van der Waals surface area contributed by atoms with Gasteiger partial charge in [-0.05, 0) is 30.7 Å². The highest BCUT2D eigenvalue weighted by Gasteiger charge is 1.98. The van der Waals surface area contributed by atoms with Crippen molar-refractivity contribution in [2.75, 3.05) is 11.6 Å². The zero-order valence-electron chi connectivity index (χ0n) is 7.91. The molecule has 14 heavy (non-hydrogen) atoms. The number of amides is 2. The SMILES string of the molecule is C=CNC(=O)Nc1cccc(SC)c1. The van der Waals surface area contributed by atoms with Gasteiger partial charge < -0.3 is 10.6 Å². The maximum Gasteiger partial charge on any atom is 0.323 e. The van der Waals surface area contributed by atoms with E-state index in [-0.39, 0.29) is 6.03 Å². The minimum absolute atomic E-state index is 0.279. The van der Waals surface area contributed by atoms with Crippen LogP contribution in [0.5, 0.6) is 0 Å². The Morgan fingerprint density at radius 3 is 3.00 bits per heavy atom. The van der Waals surface area contributed by atoms with E-state index in [0.717, 1.165) is 10.6 Å². The molecule has 0 aromatic heterocycles.